The molecule has 0 aliphatic carbocycles. The Labute approximate surface area is 95.7 Å². The molecule has 0 amide bonds. The number of benzene rings is 1. The van der Waals surface area contributed by atoms with E-state index < -0.39 is 0 Å². The minimum absolute atomic E-state index is 0.0504. The summed E-state index contributed by atoms with van der Waals surface area (Å²) in [6.45, 7) is 1.84. The fourth-order valence-electron chi connectivity index (χ4n) is 1.73. The van der Waals surface area contributed by atoms with Crippen LogP contribution < -0.4 is 0 Å². The Morgan fingerprint density at radius 3 is 3.06 bits per heavy atom. The van der Waals surface area contributed by atoms with Gasteiger partial charge in [-0.15, -0.1) is 0 Å². The first-order valence-corrected chi connectivity index (χ1v) is 5.84. The number of nitrogens with zero attached hydrogens (tertiary/aromatic N) is 3. The van der Waals surface area contributed by atoms with Gasteiger partial charge in [-0.05, 0) is 12.1 Å². The third-order valence-electron chi connectivity index (χ3n) is 2.53. The molecule has 0 spiro atoms. The van der Waals surface area contributed by atoms with E-state index in [0.29, 0.717) is 12.2 Å². The second-order valence-corrected chi connectivity index (χ2v) is 4.23. The minimum atomic E-state index is 0.0504. The molecule has 5 heteroatoms. The zero-order valence-electron chi connectivity index (χ0n) is 8.67. The van der Waals surface area contributed by atoms with Crippen LogP contribution in [0.3, 0.4) is 0 Å². The molecule has 0 fully saturated rings. The van der Waals surface area contributed by atoms with Crippen molar-refractivity contribution in [2.45, 2.75) is 13.3 Å². The van der Waals surface area contributed by atoms with Gasteiger partial charge in [0.15, 0.2) is 11.6 Å². The van der Waals surface area contributed by atoms with Gasteiger partial charge in [0.1, 0.15) is 0 Å². The second-order valence-electron chi connectivity index (χ2n) is 3.50. The highest BCUT2D eigenvalue weighted by molar-refractivity contribution is 7.11. The number of fused-ring (bicyclic) bond motifs is 3. The van der Waals surface area contributed by atoms with Crippen LogP contribution in [0.1, 0.15) is 24.0 Å². The van der Waals surface area contributed by atoms with Gasteiger partial charge in [0, 0.05) is 18.0 Å². The van der Waals surface area contributed by atoms with Crippen LogP contribution in [0.2, 0.25) is 0 Å². The summed E-state index contributed by atoms with van der Waals surface area (Å²) in [5.41, 5.74) is 1.85. The van der Waals surface area contributed by atoms with Crippen molar-refractivity contribution in [2.24, 2.45) is 0 Å². The standard InChI is InChI=1S/C11H9N3OS/c1-2-9(15)10-13-16-11-12-7-5-3-4-6-8(7)14(10)11/h3-6H,2H2,1H3. The number of rotatable bonds is 2. The summed E-state index contributed by atoms with van der Waals surface area (Å²) in [7, 11) is 0. The largest absolute Gasteiger partial charge is 0.291 e. The molecule has 0 atom stereocenters. The van der Waals surface area contributed by atoms with Crippen LogP contribution in [0.15, 0.2) is 24.3 Å². The van der Waals surface area contributed by atoms with Gasteiger partial charge in [-0.25, -0.2) is 4.98 Å². The van der Waals surface area contributed by atoms with Crippen LogP contribution in [0.5, 0.6) is 0 Å². The number of carbonyl (C=O) groups excluding carboxylic acids is 1. The number of hydrogen-bond donors (Lipinski definition) is 0. The van der Waals surface area contributed by atoms with Gasteiger partial charge in [-0.3, -0.25) is 9.20 Å². The lowest BCUT2D eigenvalue weighted by Gasteiger charge is -1.94. The average molecular weight is 231 g/mol. The zero-order chi connectivity index (χ0) is 11.1. The SMILES string of the molecule is CCC(=O)c1nsc2nc3ccccc3n12. The van der Waals surface area contributed by atoms with Crippen molar-refractivity contribution in [1.82, 2.24) is 13.8 Å². The molecule has 16 heavy (non-hydrogen) atoms. The Morgan fingerprint density at radius 2 is 2.25 bits per heavy atom. The maximum Gasteiger partial charge on any atom is 0.214 e. The fourth-order valence-corrected chi connectivity index (χ4v) is 2.49. The number of Topliss-reactive ketones (excluding diaryl/α,β-unsaturated/α-hetero) is 1. The predicted molar refractivity (Wildman–Crippen MR) is 63.0 cm³/mol. The Kier molecular flexibility index (Phi) is 2.00. The molecule has 0 saturated heterocycles. The molecule has 0 aliphatic rings. The summed E-state index contributed by atoms with van der Waals surface area (Å²) in [5.74, 6) is 0.547. The fraction of sp³-hybridized carbons (Fsp3) is 0.182. The monoisotopic (exact) mass is 231 g/mol. The number of para-hydroxylation sites is 2. The Balaban J connectivity index is 2.43. The molecule has 0 unspecified atom stereocenters. The highest BCUT2D eigenvalue weighted by Gasteiger charge is 2.16. The first kappa shape index (κ1) is 9.47. The van der Waals surface area contributed by atoms with E-state index in [1.165, 1.54) is 11.5 Å². The molecule has 3 rings (SSSR count). The number of carbonyl (C=O) groups is 1. The lowest BCUT2D eigenvalue weighted by atomic mass is 10.3. The lowest BCUT2D eigenvalue weighted by Crippen LogP contribution is -2.02. The van der Waals surface area contributed by atoms with Crippen molar-refractivity contribution in [3.8, 4) is 0 Å². The molecular formula is C11H9N3OS. The summed E-state index contributed by atoms with van der Waals surface area (Å²) in [5, 5.41) is 0. The van der Waals surface area contributed by atoms with Crippen molar-refractivity contribution in [3.63, 3.8) is 0 Å². The second kappa shape index (κ2) is 3.38. The van der Waals surface area contributed by atoms with Gasteiger partial charge >= 0.3 is 0 Å². The smallest absolute Gasteiger partial charge is 0.214 e. The van der Waals surface area contributed by atoms with Crippen molar-refractivity contribution >= 4 is 33.3 Å². The molecule has 0 radical (unpaired) electrons. The molecule has 0 saturated carbocycles. The number of aromatic nitrogens is 3. The number of ketones is 1. The van der Waals surface area contributed by atoms with Crippen LogP contribution >= 0.6 is 11.5 Å². The third-order valence-corrected chi connectivity index (χ3v) is 3.23. The summed E-state index contributed by atoms with van der Waals surface area (Å²) in [6, 6.07) is 7.77. The van der Waals surface area contributed by atoms with Gasteiger partial charge in [0.25, 0.3) is 0 Å². The van der Waals surface area contributed by atoms with E-state index in [-0.39, 0.29) is 5.78 Å². The Morgan fingerprint density at radius 1 is 1.44 bits per heavy atom. The molecule has 2 heterocycles. The van der Waals surface area contributed by atoms with Crippen LogP contribution in [-0.2, 0) is 0 Å². The Hall–Kier alpha value is -1.75. The summed E-state index contributed by atoms with van der Waals surface area (Å²) in [6.07, 6.45) is 0.464. The summed E-state index contributed by atoms with van der Waals surface area (Å²) in [4.78, 5) is 16.9. The van der Waals surface area contributed by atoms with Crippen molar-refractivity contribution in [1.29, 1.82) is 0 Å². The van der Waals surface area contributed by atoms with Crippen LogP contribution in [0.25, 0.3) is 16.0 Å². The first-order valence-electron chi connectivity index (χ1n) is 5.07. The van der Waals surface area contributed by atoms with E-state index in [2.05, 4.69) is 9.36 Å². The highest BCUT2D eigenvalue weighted by Crippen LogP contribution is 2.21. The predicted octanol–water partition coefficient (Wildman–Crippen LogP) is 2.54. The van der Waals surface area contributed by atoms with E-state index >= 15 is 0 Å². The molecule has 0 aliphatic heterocycles. The maximum absolute atomic E-state index is 11.7. The average Bonchev–Trinajstić information content (AvgIpc) is 2.86. The van der Waals surface area contributed by atoms with Gasteiger partial charge in [-0.1, -0.05) is 19.1 Å². The minimum Gasteiger partial charge on any atom is -0.291 e. The highest BCUT2D eigenvalue weighted by atomic mass is 32.1. The normalized spacial score (nSPS) is 11.3. The molecule has 0 N–H and O–H groups in total. The first-order chi connectivity index (χ1) is 7.81. The molecule has 1 aromatic carbocycles. The quantitative estimate of drug-likeness (QED) is 0.637. The van der Waals surface area contributed by atoms with Gasteiger partial charge in [0.2, 0.25) is 4.96 Å². The van der Waals surface area contributed by atoms with Crippen LogP contribution in [-0.4, -0.2) is 19.5 Å². The molecular weight excluding hydrogens is 222 g/mol. The summed E-state index contributed by atoms with van der Waals surface area (Å²) >= 11 is 1.26. The molecule has 0 bridgehead atoms. The van der Waals surface area contributed by atoms with E-state index in [1.54, 1.807) is 0 Å². The lowest BCUT2D eigenvalue weighted by molar-refractivity contribution is 0.0978. The Bertz CT molecular complexity index is 683. The number of hydrogen-bond acceptors (Lipinski definition) is 4. The summed E-state index contributed by atoms with van der Waals surface area (Å²) < 4.78 is 6.01. The molecule has 2 aromatic heterocycles. The van der Waals surface area contributed by atoms with Crippen molar-refractivity contribution in [3.05, 3.63) is 30.1 Å². The van der Waals surface area contributed by atoms with Gasteiger partial charge in [-0.2, -0.15) is 4.37 Å². The van der Waals surface area contributed by atoms with E-state index in [4.69, 9.17) is 0 Å². The molecule has 80 valence electrons. The molecule has 4 nitrogen and oxygen atoms in total. The topological polar surface area (TPSA) is 47.3 Å². The zero-order valence-corrected chi connectivity index (χ0v) is 9.49. The van der Waals surface area contributed by atoms with Gasteiger partial charge in [0.05, 0.1) is 11.0 Å². The van der Waals surface area contributed by atoms with Crippen molar-refractivity contribution in [2.75, 3.05) is 0 Å². The van der Waals surface area contributed by atoms with Crippen molar-refractivity contribution < 1.29 is 4.79 Å². The van der Waals surface area contributed by atoms with E-state index in [1.807, 2.05) is 35.6 Å². The van der Waals surface area contributed by atoms with Gasteiger partial charge < -0.3 is 0 Å². The van der Waals surface area contributed by atoms with Crippen LogP contribution in [0, 0.1) is 0 Å². The maximum atomic E-state index is 11.7. The molecule has 3 aromatic rings. The third kappa shape index (κ3) is 1.18. The number of imidazole rings is 1. The van der Waals surface area contributed by atoms with E-state index in [9.17, 15) is 4.79 Å². The van der Waals surface area contributed by atoms with Crippen LogP contribution in [0.4, 0.5) is 0 Å². The van der Waals surface area contributed by atoms with E-state index in [0.717, 1.165) is 16.0 Å².